The van der Waals surface area contributed by atoms with Gasteiger partial charge in [0.15, 0.2) is 5.79 Å². The van der Waals surface area contributed by atoms with E-state index in [1.54, 1.807) is 30.5 Å². The Morgan fingerprint density at radius 1 is 1.10 bits per heavy atom. The van der Waals surface area contributed by atoms with Gasteiger partial charge in [-0.25, -0.2) is 13.4 Å². The third kappa shape index (κ3) is 6.03. The highest BCUT2D eigenvalue weighted by molar-refractivity contribution is 7.92. The molecule has 1 aliphatic heterocycles. The molecule has 2 aromatic carbocycles. The molecule has 0 radical (unpaired) electrons. The molecule has 3 heterocycles. The summed E-state index contributed by atoms with van der Waals surface area (Å²) in [6.07, 6.45) is 3.52. The lowest BCUT2D eigenvalue weighted by Crippen LogP contribution is -2.45. The van der Waals surface area contributed by atoms with E-state index in [0.717, 1.165) is 15.5 Å². The Kier molecular flexibility index (Phi) is 7.68. The summed E-state index contributed by atoms with van der Waals surface area (Å²) in [6, 6.07) is 14.3. The van der Waals surface area contributed by atoms with Crippen molar-refractivity contribution in [2.45, 2.75) is 30.6 Å². The average Bonchev–Trinajstić information content (AvgIpc) is 3.31. The molecule has 1 saturated heterocycles. The smallest absolute Gasteiger partial charge is 0.324 e. The average molecular weight is 606 g/mol. The molecule has 2 N–H and O–H groups in total. The highest BCUT2D eigenvalue weighted by Gasteiger charge is 2.29. The number of halogens is 2. The molecule has 2 aromatic heterocycles. The van der Waals surface area contributed by atoms with E-state index in [1.165, 1.54) is 18.2 Å². The van der Waals surface area contributed by atoms with Crippen molar-refractivity contribution in [3.63, 3.8) is 0 Å². The van der Waals surface area contributed by atoms with Crippen LogP contribution in [-0.2, 0) is 24.3 Å². The van der Waals surface area contributed by atoms with Crippen molar-refractivity contribution in [2.75, 3.05) is 29.4 Å². The van der Waals surface area contributed by atoms with Crippen LogP contribution in [0.4, 0.5) is 11.4 Å². The first-order valence-corrected chi connectivity index (χ1v) is 14.4. The molecule has 0 amide bonds. The number of nitrogens with one attached hydrogen (secondary N) is 1. The second-order valence-electron chi connectivity index (χ2n) is 9.71. The van der Waals surface area contributed by atoms with Gasteiger partial charge in [-0.3, -0.25) is 9.10 Å². The summed E-state index contributed by atoms with van der Waals surface area (Å²) >= 11 is 12.0. The Bertz CT molecular complexity index is 1640. The zero-order valence-corrected chi connectivity index (χ0v) is 23.9. The molecular formula is C27H26Cl2N4O6S. The second-order valence-corrected chi connectivity index (χ2v) is 12.4. The maximum absolute atomic E-state index is 13.5. The van der Waals surface area contributed by atoms with Gasteiger partial charge in [0, 0.05) is 21.6 Å². The van der Waals surface area contributed by atoms with Crippen molar-refractivity contribution >= 4 is 61.5 Å². The minimum Gasteiger partial charge on any atom is -0.480 e. The number of rotatable bonds is 8. The molecule has 0 atom stereocenters. The summed E-state index contributed by atoms with van der Waals surface area (Å²) in [5.74, 6) is -1.26. The first-order valence-electron chi connectivity index (χ1n) is 12.2. The Labute approximate surface area is 241 Å². The molecule has 1 aliphatic rings. The number of ether oxygens (including phenoxy) is 2. The lowest BCUT2D eigenvalue weighted by Gasteiger charge is -2.35. The molecule has 0 saturated carbocycles. The summed E-state index contributed by atoms with van der Waals surface area (Å²) in [4.78, 5) is 16.0. The van der Waals surface area contributed by atoms with Gasteiger partial charge in [-0.05, 0) is 68.4 Å². The number of carboxylic acid groups (broad SMARTS) is 1. The first kappa shape index (κ1) is 28.2. The molecule has 0 aliphatic carbocycles. The van der Waals surface area contributed by atoms with E-state index in [9.17, 15) is 18.3 Å². The van der Waals surface area contributed by atoms with Crippen molar-refractivity contribution in [1.29, 1.82) is 0 Å². The van der Waals surface area contributed by atoms with Crippen LogP contribution >= 0.6 is 23.2 Å². The quantitative estimate of drug-likeness (QED) is 0.282. The number of benzene rings is 2. The normalized spacial score (nSPS) is 15.7. The zero-order valence-electron chi connectivity index (χ0n) is 21.5. The fourth-order valence-electron chi connectivity index (χ4n) is 4.35. The van der Waals surface area contributed by atoms with E-state index < -0.39 is 28.3 Å². The minimum atomic E-state index is -4.29. The van der Waals surface area contributed by atoms with Crippen LogP contribution in [0.15, 0.2) is 71.9 Å². The second kappa shape index (κ2) is 10.9. The maximum Gasteiger partial charge on any atom is 0.324 e. The van der Waals surface area contributed by atoms with E-state index in [2.05, 4.69) is 10.3 Å². The fraction of sp³-hybridized carbons (Fsp3) is 0.259. The van der Waals surface area contributed by atoms with Gasteiger partial charge in [0.1, 0.15) is 12.4 Å². The largest absolute Gasteiger partial charge is 0.480 e. The van der Waals surface area contributed by atoms with Gasteiger partial charge in [0.25, 0.3) is 10.0 Å². The summed E-state index contributed by atoms with van der Waals surface area (Å²) in [5.41, 5.74) is 1.75. The summed E-state index contributed by atoms with van der Waals surface area (Å²) in [6.45, 7) is 3.99. The minimum absolute atomic E-state index is 0.000492. The monoisotopic (exact) mass is 604 g/mol. The number of hydrogen-bond acceptors (Lipinski definition) is 7. The number of hydrogen-bond donors (Lipinski definition) is 2. The van der Waals surface area contributed by atoms with Gasteiger partial charge in [0.2, 0.25) is 0 Å². The van der Waals surface area contributed by atoms with Crippen LogP contribution in [-0.4, -0.2) is 60.6 Å². The number of anilines is 2. The zero-order chi connectivity index (χ0) is 28.7. The van der Waals surface area contributed by atoms with Gasteiger partial charge in [0.05, 0.1) is 47.2 Å². The van der Waals surface area contributed by atoms with Crippen molar-refractivity contribution < 1.29 is 27.8 Å². The van der Waals surface area contributed by atoms with E-state index in [-0.39, 0.29) is 26.7 Å². The van der Waals surface area contributed by atoms with Crippen molar-refractivity contribution in [3.8, 4) is 5.82 Å². The molecule has 1 fully saturated rings. The molecule has 210 valence electrons. The third-order valence-corrected chi connectivity index (χ3v) is 8.48. The Balaban J connectivity index is 1.41. The summed E-state index contributed by atoms with van der Waals surface area (Å²) in [7, 11) is -4.29. The number of carboxylic acids is 1. The number of nitrogens with zero attached hydrogens (tertiary/aromatic N) is 3. The molecule has 40 heavy (non-hydrogen) atoms. The highest BCUT2D eigenvalue weighted by Crippen LogP contribution is 2.31. The molecule has 0 bridgehead atoms. The van der Waals surface area contributed by atoms with E-state index in [4.69, 9.17) is 32.7 Å². The standard InChI is InChI=1S/C27H26Cl2N4O6S/c1-27(2)38-15-21(16-39-27)31-20-3-6-25(30-13-20)32-8-7-17-9-22(4-5-24(17)32)33(14-26(34)35)40(36,37)23-11-18(28)10-19(29)12-23/h3-13,21,31H,14-16H2,1-2H3,(H,34,35). The Morgan fingerprint density at radius 3 is 2.42 bits per heavy atom. The molecule has 13 heteroatoms. The van der Waals surface area contributed by atoms with Crippen LogP contribution in [0.25, 0.3) is 16.7 Å². The number of sulfonamides is 1. The van der Waals surface area contributed by atoms with Gasteiger partial charge >= 0.3 is 5.97 Å². The number of pyridine rings is 1. The van der Waals surface area contributed by atoms with Crippen LogP contribution in [0.2, 0.25) is 10.0 Å². The van der Waals surface area contributed by atoms with Crippen LogP contribution in [0.1, 0.15) is 13.8 Å². The molecule has 0 unspecified atom stereocenters. The van der Waals surface area contributed by atoms with Crippen LogP contribution in [0.5, 0.6) is 0 Å². The Morgan fingerprint density at radius 2 is 1.80 bits per heavy atom. The fourth-order valence-corrected chi connectivity index (χ4v) is 6.49. The number of aromatic nitrogens is 2. The molecule has 0 spiro atoms. The lowest BCUT2D eigenvalue weighted by molar-refractivity contribution is -0.247. The van der Waals surface area contributed by atoms with Gasteiger partial charge in [-0.1, -0.05) is 23.2 Å². The van der Waals surface area contributed by atoms with Crippen molar-refractivity contribution in [1.82, 2.24) is 9.55 Å². The van der Waals surface area contributed by atoms with Gasteiger partial charge < -0.3 is 24.5 Å². The summed E-state index contributed by atoms with van der Waals surface area (Å²) < 4.78 is 40.9. The maximum atomic E-state index is 13.5. The third-order valence-electron chi connectivity index (χ3n) is 6.29. The predicted octanol–water partition coefficient (Wildman–Crippen LogP) is 5.18. The number of carbonyl (C=O) groups is 1. The van der Waals surface area contributed by atoms with Gasteiger partial charge in [-0.2, -0.15) is 0 Å². The van der Waals surface area contributed by atoms with Crippen molar-refractivity contribution in [3.05, 3.63) is 77.0 Å². The summed E-state index contributed by atoms with van der Waals surface area (Å²) in [5, 5.41) is 13.8. The molecular weight excluding hydrogens is 579 g/mol. The van der Waals surface area contributed by atoms with E-state index >= 15 is 0 Å². The lowest BCUT2D eigenvalue weighted by atomic mass is 10.2. The predicted molar refractivity (Wildman–Crippen MR) is 153 cm³/mol. The molecule has 4 aromatic rings. The Hall–Kier alpha value is -3.35. The SMILES string of the molecule is CC1(C)OCC(Nc2ccc(-n3ccc4cc(N(CC(=O)O)S(=O)(=O)c5cc(Cl)cc(Cl)c5)ccc43)nc2)CO1. The first-order chi connectivity index (χ1) is 18.9. The highest BCUT2D eigenvalue weighted by atomic mass is 35.5. The van der Waals surface area contributed by atoms with Gasteiger partial charge in [-0.15, -0.1) is 0 Å². The molecule has 5 rings (SSSR count). The molecule has 10 nitrogen and oxygen atoms in total. The number of aliphatic carboxylic acids is 1. The topological polar surface area (TPSA) is 123 Å². The van der Waals surface area contributed by atoms with Crippen LogP contribution in [0, 0.1) is 0 Å². The van der Waals surface area contributed by atoms with Crippen LogP contribution < -0.4 is 9.62 Å². The van der Waals surface area contributed by atoms with Crippen LogP contribution in [0.3, 0.4) is 0 Å². The van der Waals surface area contributed by atoms with E-state index in [1.807, 2.05) is 36.7 Å². The number of fused-ring (bicyclic) bond motifs is 1. The van der Waals surface area contributed by atoms with E-state index in [0.29, 0.717) is 24.4 Å². The van der Waals surface area contributed by atoms with Crippen molar-refractivity contribution in [2.24, 2.45) is 0 Å².